The van der Waals surface area contributed by atoms with Gasteiger partial charge in [-0.1, -0.05) is 12.5 Å². The van der Waals surface area contributed by atoms with Crippen molar-refractivity contribution >= 4 is 10.9 Å². The van der Waals surface area contributed by atoms with Crippen LogP contribution in [-0.4, -0.2) is 11.5 Å². The Hall–Kier alpha value is -1.28. The van der Waals surface area contributed by atoms with E-state index in [4.69, 9.17) is 0 Å². The van der Waals surface area contributed by atoms with Crippen LogP contribution >= 0.6 is 0 Å². The molecule has 1 aromatic heterocycles. The van der Waals surface area contributed by atoms with Gasteiger partial charge in [0.05, 0.1) is 0 Å². The Labute approximate surface area is 96.1 Å². The molecular weight excluding hydrogens is 196 g/mol. The van der Waals surface area contributed by atoms with Crippen LogP contribution in [-0.2, 0) is 0 Å². The Morgan fingerprint density at radius 1 is 1.25 bits per heavy atom. The van der Waals surface area contributed by atoms with Crippen LogP contribution in [0, 0.1) is 6.92 Å². The number of piperidine rings is 1. The average molecular weight is 214 g/mol. The van der Waals surface area contributed by atoms with Crippen LogP contribution in [0.25, 0.3) is 10.9 Å². The van der Waals surface area contributed by atoms with Gasteiger partial charge < -0.3 is 10.3 Å². The lowest BCUT2D eigenvalue weighted by Gasteiger charge is -2.24. The van der Waals surface area contributed by atoms with E-state index in [-0.39, 0.29) is 0 Å². The van der Waals surface area contributed by atoms with E-state index in [1.165, 1.54) is 41.3 Å². The summed E-state index contributed by atoms with van der Waals surface area (Å²) in [4.78, 5) is 3.30. The molecule has 2 heteroatoms. The van der Waals surface area contributed by atoms with E-state index in [0.29, 0.717) is 6.04 Å². The first kappa shape index (κ1) is 9.91. The molecule has 84 valence electrons. The third-order valence-corrected chi connectivity index (χ3v) is 3.59. The van der Waals surface area contributed by atoms with Crippen LogP contribution in [0.5, 0.6) is 0 Å². The van der Waals surface area contributed by atoms with Crippen molar-refractivity contribution in [3.8, 4) is 0 Å². The number of benzene rings is 1. The van der Waals surface area contributed by atoms with Gasteiger partial charge in [-0.15, -0.1) is 0 Å². The van der Waals surface area contributed by atoms with Gasteiger partial charge in [-0.3, -0.25) is 0 Å². The summed E-state index contributed by atoms with van der Waals surface area (Å²) >= 11 is 0. The summed E-state index contributed by atoms with van der Waals surface area (Å²) in [6.45, 7) is 3.35. The molecule has 1 fully saturated rings. The van der Waals surface area contributed by atoms with Gasteiger partial charge in [0.15, 0.2) is 0 Å². The first-order valence-corrected chi connectivity index (χ1v) is 6.15. The second-order valence-electron chi connectivity index (χ2n) is 4.78. The molecule has 0 saturated carbocycles. The zero-order chi connectivity index (χ0) is 11.0. The van der Waals surface area contributed by atoms with E-state index in [1.807, 2.05) is 6.20 Å². The Balaban J connectivity index is 2.02. The number of aromatic amines is 1. The Morgan fingerprint density at radius 3 is 3.00 bits per heavy atom. The van der Waals surface area contributed by atoms with Gasteiger partial charge in [0.2, 0.25) is 0 Å². The van der Waals surface area contributed by atoms with Crippen LogP contribution in [0.4, 0.5) is 0 Å². The second-order valence-corrected chi connectivity index (χ2v) is 4.78. The van der Waals surface area contributed by atoms with E-state index in [0.717, 1.165) is 6.54 Å². The minimum Gasteiger partial charge on any atom is -0.361 e. The summed E-state index contributed by atoms with van der Waals surface area (Å²) in [5, 5.41) is 4.94. The normalized spacial score (nSPS) is 21.4. The number of aromatic nitrogens is 1. The van der Waals surface area contributed by atoms with E-state index in [9.17, 15) is 0 Å². The molecule has 0 aliphatic carbocycles. The van der Waals surface area contributed by atoms with Crippen molar-refractivity contribution < 1.29 is 0 Å². The van der Waals surface area contributed by atoms with Crippen molar-refractivity contribution in [3.05, 3.63) is 35.5 Å². The molecule has 1 aliphatic rings. The lowest BCUT2D eigenvalue weighted by atomic mass is 9.95. The van der Waals surface area contributed by atoms with Gasteiger partial charge in [0, 0.05) is 17.8 Å². The number of rotatable bonds is 1. The fourth-order valence-corrected chi connectivity index (χ4v) is 2.72. The molecule has 0 spiro atoms. The third-order valence-electron chi connectivity index (χ3n) is 3.59. The maximum Gasteiger partial charge on any atom is 0.0483 e. The maximum atomic E-state index is 3.61. The van der Waals surface area contributed by atoms with Crippen molar-refractivity contribution in [2.75, 3.05) is 6.54 Å². The molecule has 16 heavy (non-hydrogen) atoms. The highest BCUT2D eigenvalue weighted by atomic mass is 14.9. The lowest BCUT2D eigenvalue weighted by molar-refractivity contribution is 0.412. The molecule has 0 bridgehead atoms. The Bertz CT molecular complexity index is 492. The van der Waals surface area contributed by atoms with Crippen LogP contribution in [0.15, 0.2) is 24.4 Å². The first-order valence-electron chi connectivity index (χ1n) is 6.15. The number of aryl methyl sites for hydroxylation is 1. The molecule has 2 heterocycles. The molecule has 1 aliphatic heterocycles. The molecule has 2 nitrogen and oxygen atoms in total. The van der Waals surface area contributed by atoms with E-state index in [2.05, 4.69) is 35.4 Å². The van der Waals surface area contributed by atoms with Crippen LogP contribution in [0.2, 0.25) is 0 Å². The third kappa shape index (κ3) is 1.63. The number of hydrogen-bond donors (Lipinski definition) is 2. The monoisotopic (exact) mass is 214 g/mol. The fraction of sp³-hybridized carbons (Fsp3) is 0.429. The van der Waals surface area contributed by atoms with Gasteiger partial charge in [-0.2, -0.15) is 0 Å². The first-order chi connectivity index (χ1) is 7.84. The standard InChI is InChI=1S/C14H18N2/c1-10-8-12(13-4-2-3-6-15-13)9-11-5-7-16-14(10)11/h5,7-9,13,15-16H,2-4,6H2,1H3. The Morgan fingerprint density at radius 2 is 2.19 bits per heavy atom. The molecule has 2 aromatic rings. The van der Waals surface area contributed by atoms with E-state index < -0.39 is 0 Å². The minimum absolute atomic E-state index is 0.562. The predicted molar refractivity (Wildman–Crippen MR) is 67.6 cm³/mol. The zero-order valence-electron chi connectivity index (χ0n) is 9.72. The summed E-state index contributed by atoms with van der Waals surface area (Å²) < 4.78 is 0. The SMILES string of the molecule is Cc1cc(C2CCCCN2)cc2cc[nH]c12. The molecule has 3 rings (SSSR count). The van der Waals surface area contributed by atoms with Gasteiger partial charge in [0.1, 0.15) is 0 Å². The van der Waals surface area contributed by atoms with Crippen molar-refractivity contribution in [1.29, 1.82) is 0 Å². The molecule has 1 aromatic carbocycles. The molecule has 0 radical (unpaired) electrons. The smallest absolute Gasteiger partial charge is 0.0483 e. The van der Waals surface area contributed by atoms with Gasteiger partial charge in [-0.25, -0.2) is 0 Å². The van der Waals surface area contributed by atoms with Gasteiger partial charge in [0.25, 0.3) is 0 Å². The van der Waals surface area contributed by atoms with Crippen LogP contribution in [0.1, 0.15) is 36.4 Å². The predicted octanol–water partition coefficient (Wildman–Crippen LogP) is 3.29. The topological polar surface area (TPSA) is 27.8 Å². The fourth-order valence-electron chi connectivity index (χ4n) is 2.72. The number of H-pyrrole nitrogens is 1. The highest BCUT2D eigenvalue weighted by molar-refractivity contribution is 5.83. The van der Waals surface area contributed by atoms with Crippen molar-refractivity contribution in [3.63, 3.8) is 0 Å². The zero-order valence-corrected chi connectivity index (χ0v) is 9.72. The van der Waals surface area contributed by atoms with Crippen molar-refractivity contribution in [1.82, 2.24) is 10.3 Å². The van der Waals surface area contributed by atoms with E-state index >= 15 is 0 Å². The summed E-state index contributed by atoms with van der Waals surface area (Å²) in [6.07, 6.45) is 5.97. The molecule has 2 N–H and O–H groups in total. The average Bonchev–Trinajstić information content (AvgIpc) is 2.79. The minimum atomic E-state index is 0.562. The molecular formula is C14H18N2. The molecule has 0 amide bonds. The second kappa shape index (κ2) is 3.95. The quantitative estimate of drug-likeness (QED) is 0.749. The van der Waals surface area contributed by atoms with Crippen LogP contribution in [0.3, 0.4) is 0 Å². The molecule has 1 saturated heterocycles. The summed E-state index contributed by atoms with van der Waals surface area (Å²) in [5.41, 5.74) is 4.08. The number of fused-ring (bicyclic) bond motifs is 1. The van der Waals surface area contributed by atoms with Crippen molar-refractivity contribution in [2.24, 2.45) is 0 Å². The van der Waals surface area contributed by atoms with Gasteiger partial charge >= 0.3 is 0 Å². The number of hydrogen-bond acceptors (Lipinski definition) is 1. The molecule has 1 atom stereocenters. The van der Waals surface area contributed by atoms with Crippen LogP contribution < -0.4 is 5.32 Å². The maximum absolute atomic E-state index is 3.61. The summed E-state index contributed by atoms with van der Waals surface area (Å²) in [6, 6.07) is 7.37. The summed E-state index contributed by atoms with van der Waals surface area (Å²) in [7, 11) is 0. The summed E-state index contributed by atoms with van der Waals surface area (Å²) in [5.74, 6) is 0. The lowest BCUT2D eigenvalue weighted by Crippen LogP contribution is -2.26. The molecule has 1 unspecified atom stereocenters. The highest BCUT2D eigenvalue weighted by Crippen LogP contribution is 2.27. The largest absolute Gasteiger partial charge is 0.361 e. The highest BCUT2D eigenvalue weighted by Gasteiger charge is 2.15. The number of nitrogens with one attached hydrogen (secondary N) is 2. The Kier molecular flexibility index (Phi) is 2.44. The van der Waals surface area contributed by atoms with Gasteiger partial charge in [-0.05, 0) is 55.0 Å². The van der Waals surface area contributed by atoms with E-state index in [1.54, 1.807) is 0 Å². The van der Waals surface area contributed by atoms with Crippen molar-refractivity contribution in [2.45, 2.75) is 32.2 Å².